The first kappa shape index (κ1) is 16.2. The standard InChI is InChI=1S/C16H22ClFN2O/c1-11(2)16(21)20-8-6-13(7-9-20)19-10-12-4-3-5-14(17)15(12)18/h3-5,11,13,19H,6-10H2,1-2H3. The molecular formula is C16H22ClFN2O. The van der Waals surface area contributed by atoms with Gasteiger partial charge in [0, 0.05) is 37.2 Å². The number of carbonyl (C=O) groups is 1. The van der Waals surface area contributed by atoms with Crippen LogP contribution in [0.1, 0.15) is 32.3 Å². The van der Waals surface area contributed by atoms with Gasteiger partial charge < -0.3 is 10.2 Å². The number of hydrogen-bond acceptors (Lipinski definition) is 2. The summed E-state index contributed by atoms with van der Waals surface area (Å²) in [5.41, 5.74) is 0.586. The smallest absolute Gasteiger partial charge is 0.225 e. The Balaban J connectivity index is 1.82. The summed E-state index contributed by atoms with van der Waals surface area (Å²) in [4.78, 5) is 13.8. The van der Waals surface area contributed by atoms with E-state index in [-0.39, 0.29) is 22.7 Å². The third-order valence-electron chi connectivity index (χ3n) is 3.91. The van der Waals surface area contributed by atoms with Crippen LogP contribution >= 0.6 is 11.6 Å². The Hall–Kier alpha value is -1.13. The maximum Gasteiger partial charge on any atom is 0.225 e. The predicted octanol–water partition coefficient (Wildman–Crippen LogP) is 3.22. The van der Waals surface area contributed by atoms with Crippen molar-refractivity contribution in [3.8, 4) is 0 Å². The summed E-state index contributed by atoms with van der Waals surface area (Å²) in [6, 6.07) is 5.37. The summed E-state index contributed by atoms with van der Waals surface area (Å²) in [6.07, 6.45) is 1.81. The maximum absolute atomic E-state index is 13.8. The third kappa shape index (κ3) is 4.17. The molecule has 0 saturated carbocycles. The number of nitrogens with zero attached hydrogens (tertiary/aromatic N) is 1. The van der Waals surface area contributed by atoms with Gasteiger partial charge in [-0.15, -0.1) is 0 Å². The minimum absolute atomic E-state index is 0.0510. The number of piperidine rings is 1. The molecule has 21 heavy (non-hydrogen) atoms. The molecular weight excluding hydrogens is 291 g/mol. The van der Waals surface area contributed by atoms with Crippen LogP contribution in [0.2, 0.25) is 5.02 Å². The molecule has 1 fully saturated rings. The van der Waals surface area contributed by atoms with Crippen LogP contribution in [0.15, 0.2) is 18.2 Å². The van der Waals surface area contributed by atoms with Crippen LogP contribution in [0.25, 0.3) is 0 Å². The molecule has 2 rings (SSSR count). The summed E-state index contributed by atoms with van der Waals surface area (Å²) in [5.74, 6) is -0.0801. The van der Waals surface area contributed by atoms with Crippen molar-refractivity contribution in [2.75, 3.05) is 13.1 Å². The lowest BCUT2D eigenvalue weighted by Gasteiger charge is -2.33. The molecule has 1 N–H and O–H groups in total. The van der Waals surface area contributed by atoms with Gasteiger partial charge in [-0.05, 0) is 18.9 Å². The van der Waals surface area contributed by atoms with Gasteiger partial charge in [0.15, 0.2) is 0 Å². The fourth-order valence-electron chi connectivity index (χ4n) is 2.61. The second-order valence-corrected chi connectivity index (χ2v) is 6.26. The number of benzene rings is 1. The molecule has 1 aliphatic heterocycles. The van der Waals surface area contributed by atoms with Gasteiger partial charge in [0.05, 0.1) is 5.02 Å². The maximum atomic E-state index is 13.8. The van der Waals surface area contributed by atoms with Gasteiger partial charge in [-0.1, -0.05) is 37.6 Å². The molecule has 0 spiro atoms. The zero-order valence-corrected chi connectivity index (χ0v) is 13.3. The van der Waals surface area contributed by atoms with Crippen molar-refractivity contribution in [3.05, 3.63) is 34.6 Å². The van der Waals surface area contributed by atoms with E-state index < -0.39 is 0 Å². The number of likely N-dealkylation sites (tertiary alicyclic amines) is 1. The summed E-state index contributed by atoms with van der Waals surface area (Å²) < 4.78 is 13.8. The van der Waals surface area contributed by atoms with E-state index >= 15 is 0 Å². The van der Waals surface area contributed by atoms with Crippen molar-refractivity contribution in [1.82, 2.24) is 10.2 Å². The van der Waals surface area contributed by atoms with Crippen LogP contribution in [0.3, 0.4) is 0 Å². The van der Waals surface area contributed by atoms with E-state index in [1.807, 2.05) is 18.7 Å². The Morgan fingerprint density at radius 2 is 2.10 bits per heavy atom. The van der Waals surface area contributed by atoms with Crippen LogP contribution in [0, 0.1) is 11.7 Å². The normalized spacial score (nSPS) is 16.5. The van der Waals surface area contributed by atoms with Gasteiger partial charge in [-0.25, -0.2) is 4.39 Å². The first-order chi connectivity index (χ1) is 9.99. The van der Waals surface area contributed by atoms with E-state index in [0.717, 1.165) is 25.9 Å². The van der Waals surface area contributed by atoms with Crippen LogP contribution in [-0.4, -0.2) is 29.9 Å². The highest BCUT2D eigenvalue weighted by atomic mass is 35.5. The number of hydrogen-bond donors (Lipinski definition) is 1. The second kappa shape index (κ2) is 7.23. The minimum Gasteiger partial charge on any atom is -0.342 e. The minimum atomic E-state index is -0.348. The van der Waals surface area contributed by atoms with Gasteiger partial charge in [0.2, 0.25) is 5.91 Å². The average molecular weight is 313 g/mol. The van der Waals surface area contributed by atoms with Crippen LogP contribution in [-0.2, 0) is 11.3 Å². The first-order valence-electron chi connectivity index (χ1n) is 7.44. The van der Waals surface area contributed by atoms with Crippen molar-refractivity contribution >= 4 is 17.5 Å². The summed E-state index contributed by atoms with van der Waals surface area (Å²) in [7, 11) is 0. The number of halogens is 2. The van der Waals surface area contributed by atoms with Gasteiger partial charge >= 0.3 is 0 Å². The van der Waals surface area contributed by atoms with E-state index in [1.165, 1.54) is 0 Å². The zero-order chi connectivity index (χ0) is 15.4. The van der Waals surface area contributed by atoms with Gasteiger partial charge in [0.1, 0.15) is 5.82 Å². The average Bonchev–Trinajstić information content (AvgIpc) is 2.48. The quantitative estimate of drug-likeness (QED) is 0.926. The highest BCUT2D eigenvalue weighted by Gasteiger charge is 2.24. The topological polar surface area (TPSA) is 32.3 Å². The van der Waals surface area contributed by atoms with Crippen molar-refractivity contribution in [2.24, 2.45) is 5.92 Å². The number of amides is 1. The molecule has 5 heteroatoms. The van der Waals surface area contributed by atoms with Crippen molar-refractivity contribution < 1.29 is 9.18 Å². The van der Waals surface area contributed by atoms with Crippen LogP contribution < -0.4 is 5.32 Å². The predicted molar refractivity (Wildman–Crippen MR) is 82.7 cm³/mol. The van der Waals surface area contributed by atoms with Crippen molar-refractivity contribution in [2.45, 2.75) is 39.3 Å². The molecule has 0 aliphatic carbocycles. The number of nitrogens with one attached hydrogen (secondary N) is 1. The molecule has 0 aromatic heterocycles. The SMILES string of the molecule is CC(C)C(=O)N1CCC(NCc2cccc(Cl)c2F)CC1. The Bertz CT molecular complexity index is 499. The summed E-state index contributed by atoms with van der Waals surface area (Å²) in [6.45, 7) is 5.86. The summed E-state index contributed by atoms with van der Waals surface area (Å²) >= 11 is 5.77. The van der Waals surface area contributed by atoms with Gasteiger partial charge in [-0.3, -0.25) is 4.79 Å². The van der Waals surface area contributed by atoms with E-state index in [0.29, 0.717) is 18.2 Å². The molecule has 116 valence electrons. The molecule has 1 heterocycles. The second-order valence-electron chi connectivity index (χ2n) is 5.85. The van der Waals surface area contributed by atoms with E-state index in [1.54, 1.807) is 18.2 Å². The molecule has 0 radical (unpaired) electrons. The first-order valence-corrected chi connectivity index (χ1v) is 7.82. The molecule has 0 atom stereocenters. The summed E-state index contributed by atoms with van der Waals surface area (Å²) in [5, 5.41) is 3.52. The molecule has 0 unspecified atom stereocenters. The van der Waals surface area contributed by atoms with Crippen LogP contribution in [0.5, 0.6) is 0 Å². The Labute approximate surface area is 130 Å². The Morgan fingerprint density at radius 1 is 1.43 bits per heavy atom. The molecule has 0 bridgehead atoms. The van der Waals surface area contributed by atoms with E-state index in [9.17, 15) is 9.18 Å². The van der Waals surface area contributed by atoms with Crippen molar-refractivity contribution in [3.63, 3.8) is 0 Å². The van der Waals surface area contributed by atoms with Crippen molar-refractivity contribution in [1.29, 1.82) is 0 Å². The molecule has 1 saturated heterocycles. The monoisotopic (exact) mass is 312 g/mol. The largest absolute Gasteiger partial charge is 0.342 e. The van der Waals surface area contributed by atoms with Gasteiger partial charge in [0.25, 0.3) is 0 Å². The van der Waals surface area contributed by atoms with E-state index in [2.05, 4.69) is 5.32 Å². The zero-order valence-electron chi connectivity index (χ0n) is 12.5. The highest BCUT2D eigenvalue weighted by molar-refractivity contribution is 6.30. The highest BCUT2D eigenvalue weighted by Crippen LogP contribution is 2.19. The molecule has 1 amide bonds. The Morgan fingerprint density at radius 3 is 2.71 bits per heavy atom. The lowest BCUT2D eigenvalue weighted by Crippen LogP contribution is -2.46. The fraction of sp³-hybridized carbons (Fsp3) is 0.562. The molecule has 1 aliphatic rings. The van der Waals surface area contributed by atoms with Crippen LogP contribution in [0.4, 0.5) is 4.39 Å². The van der Waals surface area contributed by atoms with Gasteiger partial charge in [-0.2, -0.15) is 0 Å². The number of rotatable bonds is 4. The lowest BCUT2D eigenvalue weighted by molar-refractivity contribution is -0.135. The Kier molecular flexibility index (Phi) is 5.59. The third-order valence-corrected chi connectivity index (χ3v) is 4.21. The molecule has 3 nitrogen and oxygen atoms in total. The van der Waals surface area contributed by atoms with E-state index in [4.69, 9.17) is 11.6 Å². The molecule has 1 aromatic rings. The number of carbonyl (C=O) groups excluding carboxylic acids is 1. The molecule has 1 aromatic carbocycles. The fourth-order valence-corrected chi connectivity index (χ4v) is 2.80. The lowest BCUT2D eigenvalue weighted by atomic mass is 10.0.